The van der Waals surface area contributed by atoms with Crippen LogP contribution in [0.2, 0.25) is 5.02 Å². The minimum atomic E-state index is 0.358. The molecule has 2 rings (SSSR count). The molecule has 20 heavy (non-hydrogen) atoms. The van der Waals surface area contributed by atoms with Crippen molar-refractivity contribution in [3.05, 3.63) is 64.7 Å². The lowest BCUT2D eigenvalue weighted by molar-refractivity contribution is 0.309. The molecular weight excluding hydrogens is 268 g/mol. The van der Waals surface area contributed by atoms with Crippen LogP contribution in [0.5, 0.6) is 5.75 Å². The molecule has 0 bridgehead atoms. The lowest BCUT2D eigenvalue weighted by atomic mass is 9.93. The normalized spacial score (nSPS) is 12.2. The SMILES string of the molecule is CCCCOc1ccc(C(C)c2ccc(Cl)cc2)cc1. The summed E-state index contributed by atoms with van der Waals surface area (Å²) in [5, 5.41) is 0.778. The van der Waals surface area contributed by atoms with Gasteiger partial charge in [0, 0.05) is 10.9 Å². The van der Waals surface area contributed by atoms with Crippen molar-refractivity contribution in [1.82, 2.24) is 0 Å². The summed E-state index contributed by atoms with van der Waals surface area (Å²) in [5.41, 5.74) is 2.56. The molecule has 0 aliphatic rings. The molecular formula is C18H21ClO. The third-order valence-electron chi connectivity index (χ3n) is 3.52. The van der Waals surface area contributed by atoms with Gasteiger partial charge >= 0.3 is 0 Å². The first-order chi connectivity index (χ1) is 9.70. The van der Waals surface area contributed by atoms with Crippen LogP contribution in [0.25, 0.3) is 0 Å². The largest absolute Gasteiger partial charge is 0.494 e. The number of halogens is 1. The molecule has 0 aliphatic heterocycles. The number of ether oxygens (including phenoxy) is 1. The summed E-state index contributed by atoms with van der Waals surface area (Å²) in [4.78, 5) is 0. The quantitative estimate of drug-likeness (QED) is 0.622. The number of benzene rings is 2. The van der Waals surface area contributed by atoms with E-state index in [1.807, 2.05) is 12.1 Å². The molecule has 0 fully saturated rings. The van der Waals surface area contributed by atoms with Crippen molar-refractivity contribution in [3.8, 4) is 5.75 Å². The van der Waals surface area contributed by atoms with Crippen LogP contribution < -0.4 is 4.74 Å². The zero-order valence-corrected chi connectivity index (χ0v) is 12.9. The highest BCUT2D eigenvalue weighted by Gasteiger charge is 2.08. The van der Waals surface area contributed by atoms with Gasteiger partial charge in [0.05, 0.1) is 6.61 Å². The van der Waals surface area contributed by atoms with Crippen molar-refractivity contribution in [2.24, 2.45) is 0 Å². The number of rotatable bonds is 6. The zero-order valence-electron chi connectivity index (χ0n) is 12.1. The van der Waals surface area contributed by atoms with Crippen LogP contribution in [0.15, 0.2) is 48.5 Å². The highest BCUT2D eigenvalue weighted by Crippen LogP contribution is 2.26. The van der Waals surface area contributed by atoms with Crippen LogP contribution in [0.3, 0.4) is 0 Å². The van der Waals surface area contributed by atoms with Gasteiger partial charge in [0.25, 0.3) is 0 Å². The Hall–Kier alpha value is -1.47. The molecule has 0 aromatic heterocycles. The Labute approximate surface area is 126 Å². The summed E-state index contributed by atoms with van der Waals surface area (Å²) in [6.07, 6.45) is 2.26. The molecule has 0 saturated carbocycles. The number of hydrogen-bond acceptors (Lipinski definition) is 1. The smallest absolute Gasteiger partial charge is 0.119 e. The van der Waals surface area contributed by atoms with Crippen molar-refractivity contribution < 1.29 is 4.74 Å². The van der Waals surface area contributed by atoms with Crippen LogP contribution in [0, 0.1) is 0 Å². The van der Waals surface area contributed by atoms with Gasteiger partial charge in [-0.25, -0.2) is 0 Å². The highest BCUT2D eigenvalue weighted by molar-refractivity contribution is 6.30. The minimum absolute atomic E-state index is 0.358. The first-order valence-corrected chi connectivity index (χ1v) is 7.56. The molecule has 0 spiro atoms. The second kappa shape index (κ2) is 7.35. The Morgan fingerprint density at radius 1 is 0.950 bits per heavy atom. The van der Waals surface area contributed by atoms with Crippen molar-refractivity contribution in [2.45, 2.75) is 32.6 Å². The van der Waals surface area contributed by atoms with Gasteiger partial charge in [-0.3, -0.25) is 0 Å². The first-order valence-electron chi connectivity index (χ1n) is 7.19. The molecule has 2 aromatic carbocycles. The van der Waals surface area contributed by atoms with E-state index in [0.29, 0.717) is 5.92 Å². The fourth-order valence-electron chi connectivity index (χ4n) is 2.13. The predicted octanol–water partition coefficient (Wildman–Crippen LogP) is 5.67. The van der Waals surface area contributed by atoms with Crippen molar-refractivity contribution in [1.29, 1.82) is 0 Å². The fraction of sp³-hybridized carbons (Fsp3) is 0.333. The van der Waals surface area contributed by atoms with Crippen LogP contribution in [0.4, 0.5) is 0 Å². The molecule has 2 heteroatoms. The minimum Gasteiger partial charge on any atom is -0.494 e. The maximum Gasteiger partial charge on any atom is 0.119 e. The molecule has 0 heterocycles. The summed E-state index contributed by atoms with van der Waals surface area (Å²) in [6.45, 7) is 5.17. The summed E-state index contributed by atoms with van der Waals surface area (Å²) < 4.78 is 5.69. The van der Waals surface area contributed by atoms with Gasteiger partial charge < -0.3 is 4.74 Å². The summed E-state index contributed by atoms with van der Waals surface area (Å²) in [5.74, 6) is 1.31. The van der Waals surface area contributed by atoms with Gasteiger partial charge in [0.2, 0.25) is 0 Å². The van der Waals surface area contributed by atoms with E-state index in [1.165, 1.54) is 11.1 Å². The van der Waals surface area contributed by atoms with Crippen LogP contribution in [-0.2, 0) is 0 Å². The van der Waals surface area contributed by atoms with E-state index in [2.05, 4.69) is 50.2 Å². The molecule has 0 radical (unpaired) electrons. The Morgan fingerprint density at radius 3 is 2.05 bits per heavy atom. The van der Waals surface area contributed by atoms with Crippen molar-refractivity contribution in [3.63, 3.8) is 0 Å². The van der Waals surface area contributed by atoms with E-state index in [0.717, 1.165) is 30.2 Å². The average Bonchev–Trinajstić information content (AvgIpc) is 2.48. The lowest BCUT2D eigenvalue weighted by Crippen LogP contribution is -1.98. The van der Waals surface area contributed by atoms with Crippen LogP contribution >= 0.6 is 11.6 Å². The average molecular weight is 289 g/mol. The van der Waals surface area contributed by atoms with Gasteiger partial charge in [-0.1, -0.05) is 56.1 Å². The monoisotopic (exact) mass is 288 g/mol. The third kappa shape index (κ3) is 4.01. The van der Waals surface area contributed by atoms with Gasteiger partial charge in [-0.15, -0.1) is 0 Å². The highest BCUT2D eigenvalue weighted by atomic mass is 35.5. The van der Waals surface area contributed by atoms with Crippen molar-refractivity contribution in [2.75, 3.05) is 6.61 Å². The van der Waals surface area contributed by atoms with Gasteiger partial charge in [0.1, 0.15) is 5.75 Å². The third-order valence-corrected chi connectivity index (χ3v) is 3.77. The molecule has 1 unspecified atom stereocenters. The second-order valence-corrected chi connectivity index (χ2v) is 5.48. The summed E-state index contributed by atoms with van der Waals surface area (Å²) in [7, 11) is 0. The zero-order chi connectivity index (χ0) is 14.4. The van der Waals surface area contributed by atoms with Gasteiger partial charge in [0.15, 0.2) is 0 Å². The van der Waals surface area contributed by atoms with E-state index >= 15 is 0 Å². The second-order valence-electron chi connectivity index (χ2n) is 5.04. The van der Waals surface area contributed by atoms with E-state index < -0.39 is 0 Å². The maximum atomic E-state index is 5.93. The maximum absolute atomic E-state index is 5.93. The van der Waals surface area contributed by atoms with Crippen molar-refractivity contribution >= 4 is 11.6 Å². The Bertz CT molecular complexity index is 516. The van der Waals surface area contributed by atoms with Gasteiger partial charge in [-0.05, 0) is 41.8 Å². The molecule has 1 atom stereocenters. The predicted molar refractivity (Wildman–Crippen MR) is 85.8 cm³/mol. The van der Waals surface area contributed by atoms with Gasteiger partial charge in [-0.2, -0.15) is 0 Å². The lowest BCUT2D eigenvalue weighted by Gasteiger charge is -2.13. The summed E-state index contributed by atoms with van der Waals surface area (Å²) in [6, 6.07) is 16.4. The van der Waals surface area contributed by atoms with Crippen LogP contribution in [-0.4, -0.2) is 6.61 Å². The Kier molecular flexibility index (Phi) is 5.49. The topological polar surface area (TPSA) is 9.23 Å². The molecule has 0 amide bonds. The van der Waals surface area contributed by atoms with E-state index in [4.69, 9.17) is 16.3 Å². The fourth-order valence-corrected chi connectivity index (χ4v) is 2.26. The number of hydrogen-bond donors (Lipinski definition) is 0. The molecule has 0 N–H and O–H groups in total. The Balaban J connectivity index is 2.03. The first kappa shape index (κ1) is 14.9. The molecule has 2 aromatic rings. The summed E-state index contributed by atoms with van der Waals surface area (Å²) >= 11 is 5.93. The number of unbranched alkanes of at least 4 members (excludes halogenated alkanes) is 1. The van der Waals surface area contributed by atoms with E-state index in [9.17, 15) is 0 Å². The Morgan fingerprint density at radius 2 is 1.50 bits per heavy atom. The molecule has 0 saturated heterocycles. The molecule has 0 aliphatic carbocycles. The van der Waals surface area contributed by atoms with Crippen LogP contribution in [0.1, 0.15) is 43.7 Å². The molecule has 1 nitrogen and oxygen atoms in total. The van der Waals surface area contributed by atoms with E-state index in [1.54, 1.807) is 0 Å². The standard InChI is InChI=1S/C18H21ClO/c1-3-4-13-20-18-11-7-16(8-12-18)14(2)15-5-9-17(19)10-6-15/h5-12,14H,3-4,13H2,1-2H3. The molecule has 106 valence electrons. The van der Waals surface area contributed by atoms with E-state index in [-0.39, 0.29) is 0 Å².